The molecule has 0 saturated carbocycles. The smallest absolute Gasteiger partial charge is 0.423 e. The van der Waals surface area contributed by atoms with Crippen molar-refractivity contribution in [3.05, 3.63) is 41.6 Å². The summed E-state index contributed by atoms with van der Waals surface area (Å²) in [5, 5.41) is 2.94. The van der Waals surface area contributed by atoms with E-state index in [-0.39, 0.29) is 11.9 Å². The van der Waals surface area contributed by atoms with E-state index in [1.165, 1.54) is 0 Å². The van der Waals surface area contributed by atoms with E-state index < -0.39 is 17.6 Å². The number of rotatable bonds is 4. The van der Waals surface area contributed by atoms with Crippen LogP contribution in [-0.2, 0) is 6.18 Å². The Hall–Kier alpha value is -2.31. The largest absolute Gasteiger partial charge is 0.480 e. The summed E-state index contributed by atoms with van der Waals surface area (Å²) in [5.74, 6) is -0.204. The SMILES string of the molecule is COc1nc(Nc2ccccc2C(C)C)ncc1C(F)(F)F. The second kappa shape index (κ2) is 6.21. The number of anilines is 2. The van der Waals surface area contributed by atoms with Gasteiger partial charge in [-0.2, -0.15) is 18.2 Å². The van der Waals surface area contributed by atoms with Crippen molar-refractivity contribution in [2.45, 2.75) is 25.9 Å². The first-order chi connectivity index (χ1) is 10.3. The number of methoxy groups -OCH3 is 1. The van der Waals surface area contributed by atoms with E-state index in [1.807, 2.05) is 38.1 Å². The highest BCUT2D eigenvalue weighted by molar-refractivity contribution is 5.59. The molecule has 1 N–H and O–H groups in total. The molecule has 7 heteroatoms. The number of nitrogens with one attached hydrogen (secondary N) is 1. The maximum absolute atomic E-state index is 12.8. The third-order valence-electron chi connectivity index (χ3n) is 3.08. The number of alkyl halides is 3. The monoisotopic (exact) mass is 311 g/mol. The Labute approximate surface area is 126 Å². The Morgan fingerprint density at radius 2 is 1.86 bits per heavy atom. The minimum Gasteiger partial charge on any atom is -0.480 e. The highest BCUT2D eigenvalue weighted by Crippen LogP contribution is 2.35. The van der Waals surface area contributed by atoms with Gasteiger partial charge in [0.15, 0.2) is 0 Å². The van der Waals surface area contributed by atoms with Gasteiger partial charge in [-0.25, -0.2) is 4.98 Å². The van der Waals surface area contributed by atoms with Gasteiger partial charge in [-0.15, -0.1) is 0 Å². The van der Waals surface area contributed by atoms with Crippen molar-refractivity contribution in [3.63, 3.8) is 0 Å². The number of hydrogen-bond acceptors (Lipinski definition) is 4. The van der Waals surface area contributed by atoms with E-state index in [1.54, 1.807) is 0 Å². The van der Waals surface area contributed by atoms with Crippen molar-refractivity contribution in [2.24, 2.45) is 0 Å². The summed E-state index contributed by atoms with van der Waals surface area (Å²) in [4.78, 5) is 7.52. The average molecular weight is 311 g/mol. The van der Waals surface area contributed by atoms with Crippen LogP contribution >= 0.6 is 0 Å². The van der Waals surface area contributed by atoms with Crippen LogP contribution in [0.5, 0.6) is 5.88 Å². The predicted octanol–water partition coefficient (Wildman–Crippen LogP) is 4.37. The second-order valence-corrected chi connectivity index (χ2v) is 4.98. The number of aromatic nitrogens is 2. The summed E-state index contributed by atoms with van der Waals surface area (Å²) in [6.45, 7) is 4.05. The molecule has 0 aliphatic heterocycles. The number of nitrogens with zero attached hydrogens (tertiary/aromatic N) is 2. The molecule has 2 aromatic rings. The topological polar surface area (TPSA) is 47.0 Å². The zero-order valence-electron chi connectivity index (χ0n) is 12.4. The van der Waals surface area contributed by atoms with E-state index in [9.17, 15) is 13.2 Å². The summed E-state index contributed by atoms with van der Waals surface area (Å²) in [7, 11) is 1.14. The predicted molar refractivity (Wildman–Crippen MR) is 77.4 cm³/mol. The van der Waals surface area contributed by atoms with Crippen LogP contribution in [0, 0.1) is 0 Å². The van der Waals surface area contributed by atoms with Crippen molar-refractivity contribution < 1.29 is 17.9 Å². The molecule has 0 aliphatic rings. The van der Waals surface area contributed by atoms with Gasteiger partial charge < -0.3 is 10.1 Å². The zero-order chi connectivity index (χ0) is 16.3. The minimum absolute atomic E-state index is 0.0537. The highest BCUT2D eigenvalue weighted by Gasteiger charge is 2.36. The summed E-state index contributed by atoms with van der Waals surface area (Å²) in [5.41, 5.74) is 0.766. The molecule has 0 aliphatic carbocycles. The van der Waals surface area contributed by atoms with Gasteiger partial charge in [0.1, 0.15) is 5.56 Å². The van der Waals surface area contributed by atoms with E-state index in [0.29, 0.717) is 6.20 Å². The fourth-order valence-electron chi connectivity index (χ4n) is 2.01. The van der Waals surface area contributed by atoms with Crippen LogP contribution in [0.1, 0.15) is 30.9 Å². The van der Waals surface area contributed by atoms with E-state index >= 15 is 0 Å². The van der Waals surface area contributed by atoms with Crippen LogP contribution in [0.15, 0.2) is 30.5 Å². The molecule has 0 atom stereocenters. The Morgan fingerprint density at radius 3 is 2.45 bits per heavy atom. The molecule has 1 aromatic carbocycles. The number of ether oxygens (including phenoxy) is 1. The Balaban J connectivity index is 2.36. The van der Waals surface area contributed by atoms with Gasteiger partial charge in [-0.05, 0) is 17.5 Å². The molecule has 0 radical (unpaired) electrons. The van der Waals surface area contributed by atoms with Crippen LogP contribution in [0.3, 0.4) is 0 Å². The molecule has 118 valence electrons. The van der Waals surface area contributed by atoms with Gasteiger partial charge >= 0.3 is 6.18 Å². The van der Waals surface area contributed by atoms with Crippen molar-refractivity contribution >= 4 is 11.6 Å². The zero-order valence-corrected chi connectivity index (χ0v) is 12.4. The number of benzene rings is 1. The molecule has 2 rings (SSSR count). The molecule has 0 fully saturated rings. The van der Waals surface area contributed by atoms with Crippen LogP contribution in [0.2, 0.25) is 0 Å². The number of hydrogen-bond donors (Lipinski definition) is 1. The normalized spacial score (nSPS) is 11.6. The summed E-state index contributed by atoms with van der Waals surface area (Å²) < 4.78 is 43.1. The molecular weight excluding hydrogens is 295 g/mol. The van der Waals surface area contributed by atoms with E-state index in [2.05, 4.69) is 15.3 Å². The molecular formula is C15H16F3N3O. The van der Waals surface area contributed by atoms with Gasteiger partial charge in [0, 0.05) is 11.9 Å². The molecule has 0 bridgehead atoms. The highest BCUT2D eigenvalue weighted by atomic mass is 19.4. The number of halogens is 3. The first-order valence-corrected chi connectivity index (χ1v) is 6.67. The van der Waals surface area contributed by atoms with Gasteiger partial charge in [-0.3, -0.25) is 0 Å². The molecule has 0 unspecified atom stereocenters. The standard InChI is InChI=1S/C15H16F3N3O/c1-9(2)10-6-4-5-7-12(10)20-14-19-8-11(15(16,17)18)13(21-14)22-3/h4-9H,1-3H3,(H,19,20,21). The van der Waals surface area contributed by atoms with Crippen LogP contribution < -0.4 is 10.1 Å². The fraction of sp³-hybridized carbons (Fsp3) is 0.333. The summed E-state index contributed by atoms with van der Waals surface area (Å²) in [6.07, 6.45) is -3.84. The second-order valence-electron chi connectivity index (χ2n) is 4.98. The first-order valence-electron chi connectivity index (χ1n) is 6.67. The lowest BCUT2D eigenvalue weighted by Gasteiger charge is -2.15. The summed E-state index contributed by atoms with van der Waals surface area (Å²) in [6, 6.07) is 7.49. The van der Waals surface area contributed by atoms with Gasteiger partial charge in [0.05, 0.1) is 7.11 Å². The summed E-state index contributed by atoms with van der Waals surface area (Å²) >= 11 is 0. The van der Waals surface area contributed by atoms with Crippen molar-refractivity contribution in [1.82, 2.24) is 9.97 Å². The molecule has 22 heavy (non-hydrogen) atoms. The van der Waals surface area contributed by atoms with E-state index in [4.69, 9.17) is 4.74 Å². The maximum Gasteiger partial charge on any atom is 0.423 e. The Bertz CT molecular complexity index is 657. The van der Waals surface area contributed by atoms with Crippen molar-refractivity contribution in [1.29, 1.82) is 0 Å². The fourth-order valence-corrected chi connectivity index (χ4v) is 2.01. The molecule has 0 spiro atoms. The molecule has 0 saturated heterocycles. The van der Waals surface area contributed by atoms with E-state index in [0.717, 1.165) is 18.4 Å². The lowest BCUT2D eigenvalue weighted by atomic mass is 10.0. The van der Waals surface area contributed by atoms with Gasteiger partial charge in [0.25, 0.3) is 0 Å². The Morgan fingerprint density at radius 1 is 1.18 bits per heavy atom. The van der Waals surface area contributed by atoms with Crippen LogP contribution in [-0.4, -0.2) is 17.1 Å². The van der Waals surface area contributed by atoms with Crippen molar-refractivity contribution in [3.8, 4) is 5.88 Å². The third-order valence-corrected chi connectivity index (χ3v) is 3.08. The molecule has 1 heterocycles. The minimum atomic E-state index is -4.56. The molecule has 1 aromatic heterocycles. The average Bonchev–Trinajstić information content (AvgIpc) is 2.46. The van der Waals surface area contributed by atoms with Crippen LogP contribution in [0.25, 0.3) is 0 Å². The number of para-hydroxylation sites is 1. The van der Waals surface area contributed by atoms with Crippen LogP contribution in [0.4, 0.5) is 24.8 Å². The van der Waals surface area contributed by atoms with Crippen molar-refractivity contribution in [2.75, 3.05) is 12.4 Å². The maximum atomic E-state index is 12.8. The molecule has 0 amide bonds. The first kappa shape index (κ1) is 16.1. The quantitative estimate of drug-likeness (QED) is 0.910. The lowest BCUT2D eigenvalue weighted by Crippen LogP contribution is -2.11. The van der Waals surface area contributed by atoms with Gasteiger partial charge in [-0.1, -0.05) is 32.0 Å². The van der Waals surface area contributed by atoms with Gasteiger partial charge in [0.2, 0.25) is 11.8 Å². The molecule has 4 nitrogen and oxygen atoms in total. The Kier molecular flexibility index (Phi) is 4.54. The lowest BCUT2D eigenvalue weighted by molar-refractivity contribution is -0.139. The third kappa shape index (κ3) is 3.47.